The van der Waals surface area contributed by atoms with Crippen LogP contribution < -0.4 is 5.32 Å². The maximum Gasteiger partial charge on any atom is 0.407 e. The molecule has 0 saturated heterocycles. The molecule has 0 fully saturated rings. The zero-order valence-electron chi connectivity index (χ0n) is 8.91. The normalized spacial score (nSPS) is 12.9. The first-order valence-corrected chi connectivity index (χ1v) is 7.01. The fourth-order valence-electron chi connectivity index (χ4n) is 0.824. The van der Waals surface area contributed by atoms with Gasteiger partial charge in [-0.15, -0.1) is 0 Å². The molecule has 0 spiro atoms. The molecular formula is C8H12Cl3NO4S. The lowest BCUT2D eigenvalue weighted by atomic mass is 10.2. The van der Waals surface area contributed by atoms with E-state index < -0.39 is 28.5 Å². The summed E-state index contributed by atoms with van der Waals surface area (Å²) in [6, 6.07) is -1.01. The predicted molar refractivity (Wildman–Crippen MR) is 69.2 cm³/mol. The van der Waals surface area contributed by atoms with Gasteiger partial charge in [-0.1, -0.05) is 34.8 Å². The molecule has 0 aromatic carbocycles. The van der Waals surface area contributed by atoms with Gasteiger partial charge >= 0.3 is 12.1 Å². The summed E-state index contributed by atoms with van der Waals surface area (Å²) in [7, 11) is 0. The average molecular weight is 325 g/mol. The molecule has 1 atom stereocenters. The van der Waals surface area contributed by atoms with Crippen molar-refractivity contribution >= 4 is 58.6 Å². The van der Waals surface area contributed by atoms with Crippen LogP contribution in [0.4, 0.5) is 4.79 Å². The molecule has 0 bridgehead atoms. The lowest BCUT2D eigenvalue weighted by Crippen LogP contribution is -2.42. The van der Waals surface area contributed by atoms with E-state index in [-0.39, 0.29) is 0 Å². The molecule has 17 heavy (non-hydrogen) atoms. The molecule has 0 rings (SSSR count). The minimum absolute atomic E-state index is 0.291. The number of carboxylic acid groups (broad SMARTS) is 1. The third kappa shape index (κ3) is 9.64. The van der Waals surface area contributed by atoms with E-state index in [0.29, 0.717) is 12.2 Å². The SMILES string of the molecule is CSCC[C@H](NC(=O)OCC(Cl)(Cl)Cl)C(=O)O. The molecule has 0 radical (unpaired) electrons. The minimum Gasteiger partial charge on any atom is -0.480 e. The summed E-state index contributed by atoms with van der Waals surface area (Å²) in [6.07, 6.45) is 1.20. The van der Waals surface area contributed by atoms with Crippen LogP contribution in [0.3, 0.4) is 0 Å². The first-order valence-electron chi connectivity index (χ1n) is 4.48. The lowest BCUT2D eigenvalue weighted by molar-refractivity contribution is -0.139. The minimum atomic E-state index is -1.71. The summed E-state index contributed by atoms with van der Waals surface area (Å²) in [5, 5.41) is 11.0. The van der Waals surface area contributed by atoms with E-state index in [1.807, 2.05) is 6.26 Å². The number of hydrogen-bond acceptors (Lipinski definition) is 4. The summed E-state index contributed by atoms with van der Waals surface area (Å²) < 4.78 is 2.84. The zero-order chi connectivity index (χ0) is 13.5. The molecule has 0 aromatic rings. The highest BCUT2D eigenvalue weighted by Gasteiger charge is 2.24. The van der Waals surface area contributed by atoms with Crippen LogP contribution in [0.25, 0.3) is 0 Å². The first kappa shape index (κ1) is 17.0. The van der Waals surface area contributed by atoms with Gasteiger partial charge in [0.05, 0.1) is 0 Å². The molecule has 0 aliphatic heterocycles. The summed E-state index contributed by atoms with van der Waals surface area (Å²) >= 11 is 17.6. The number of thioether (sulfide) groups is 1. The monoisotopic (exact) mass is 323 g/mol. The Labute approximate surface area is 118 Å². The van der Waals surface area contributed by atoms with Crippen molar-refractivity contribution in [3.8, 4) is 0 Å². The Morgan fingerprint density at radius 2 is 2.06 bits per heavy atom. The third-order valence-corrected chi connectivity index (χ3v) is 2.54. The highest BCUT2D eigenvalue weighted by atomic mass is 35.6. The van der Waals surface area contributed by atoms with Crippen LogP contribution in [-0.2, 0) is 9.53 Å². The second-order valence-electron chi connectivity index (χ2n) is 3.01. The van der Waals surface area contributed by atoms with Crippen LogP contribution in [0.5, 0.6) is 0 Å². The number of nitrogens with one attached hydrogen (secondary N) is 1. The van der Waals surface area contributed by atoms with E-state index in [1.165, 1.54) is 11.8 Å². The second-order valence-corrected chi connectivity index (χ2v) is 6.51. The first-order chi connectivity index (χ1) is 7.76. The number of hydrogen-bond donors (Lipinski definition) is 2. The molecule has 100 valence electrons. The molecule has 9 heteroatoms. The van der Waals surface area contributed by atoms with Crippen LogP contribution in [0.2, 0.25) is 0 Å². The molecule has 2 N–H and O–H groups in total. The number of halogens is 3. The summed E-state index contributed by atoms with van der Waals surface area (Å²) in [6.45, 7) is -0.446. The van der Waals surface area contributed by atoms with Gasteiger partial charge in [-0.25, -0.2) is 9.59 Å². The van der Waals surface area contributed by atoms with Crippen molar-refractivity contribution in [2.45, 2.75) is 16.3 Å². The van der Waals surface area contributed by atoms with Crippen molar-refractivity contribution in [2.24, 2.45) is 0 Å². The fourth-order valence-corrected chi connectivity index (χ4v) is 1.46. The number of carbonyl (C=O) groups is 2. The van der Waals surface area contributed by atoms with Crippen molar-refractivity contribution < 1.29 is 19.4 Å². The van der Waals surface area contributed by atoms with Gasteiger partial charge in [0.1, 0.15) is 12.6 Å². The van der Waals surface area contributed by atoms with Gasteiger partial charge in [-0.2, -0.15) is 11.8 Å². The Hall–Kier alpha value is -0.0400. The van der Waals surface area contributed by atoms with Gasteiger partial charge in [0, 0.05) is 0 Å². The number of ether oxygens (including phenoxy) is 1. The number of aliphatic carboxylic acids is 1. The smallest absolute Gasteiger partial charge is 0.407 e. The standard InChI is InChI=1S/C8H12Cl3NO4S/c1-17-3-2-5(6(13)14)12-7(15)16-4-8(9,10)11/h5H,2-4H2,1H3,(H,12,15)(H,13,14)/t5-/m0/s1. The molecule has 0 aromatic heterocycles. The quantitative estimate of drug-likeness (QED) is 0.733. The van der Waals surface area contributed by atoms with Crippen LogP contribution in [0.1, 0.15) is 6.42 Å². The average Bonchev–Trinajstić information content (AvgIpc) is 2.19. The van der Waals surface area contributed by atoms with Gasteiger partial charge in [0.25, 0.3) is 0 Å². The van der Waals surface area contributed by atoms with Crippen LogP contribution in [0, 0.1) is 0 Å². The molecule has 0 unspecified atom stereocenters. The molecule has 0 heterocycles. The van der Waals surface area contributed by atoms with Crippen LogP contribution in [-0.4, -0.2) is 45.6 Å². The summed E-state index contributed by atoms with van der Waals surface area (Å²) in [5.41, 5.74) is 0. The molecule has 0 aliphatic carbocycles. The van der Waals surface area contributed by atoms with Crippen molar-refractivity contribution in [1.29, 1.82) is 0 Å². The largest absolute Gasteiger partial charge is 0.480 e. The van der Waals surface area contributed by atoms with Gasteiger partial charge in [0.15, 0.2) is 0 Å². The van der Waals surface area contributed by atoms with Crippen molar-refractivity contribution in [3.05, 3.63) is 0 Å². The Balaban J connectivity index is 4.08. The number of carbonyl (C=O) groups excluding carboxylic acids is 1. The van der Waals surface area contributed by atoms with Gasteiger partial charge in [-0.3, -0.25) is 0 Å². The van der Waals surface area contributed by atoms with Gasteiger partial charge < -0.3 is 15.2 Å². The van der Waals surface area contributed by atoms with Crippen LogP contribution in [0.15, 0.2) is 0 Å². The van der Waals surface area contributed by atoms with Gasteiger partial charge in [-0.05, 0) is 18.4 Å². The van der Waals surface area contributed by atoms with E-state index >= 15 is 0 Å². The number of rotatable bonds is 6. The molecule has 1 amide bonds. The topological polar surface area (TPSA) is 75.6 Å². The number of alkyl carbamates (subject to hydrolysis) is 1. The Kier molecular flexibility index (Phi) is 8.11. The lowest BCUT2D eigenvalue weighted by Gasteiger charge is -2.16. The van der Waals surface area contributed by atoms with E-state index in [9.17, 15) is 9.59 Å². The molecule has 5 nitrogen and oxygen atoms in total. The Morgan fingerprint density at radius 3 is 2.47 bits per heavy atom. The van der Waals surface area contributed by atoms with E-state index in [1.54, 1.807) is 0 Å². The maximum absolute atomic E-state index is 11.2. The van der Waals surface area contributed by atoms with Gasteiger partial charge in [0.2, 0.25) is 3.79 Å². The van der Waals surface area contributed by atoms with Crippen molar-refractivity contribution in [2.75, 3.05) is 18.6 Å². The molecule has 0 saturated carbocycles. The molecule has 0 aliphatic rings. The Bertz CT molecular complexity index is 272. The highest BCUT2D eigenvalue weighted by molar-refractivity contribution is 7.98. The zero-order valence-corrected chi connectivity index (χ0v) is 12.0. The maximum atomic E-state index is 11.2. The van der Waals surface area contributed by atoms with E-state index in [2.05, 4.69) is 10.1 Å². The van der Waals surface area contributed by atoms with Crippen LogP contribution >= 0.6 is 46.6 Å². The van der Waals surface area contributed by atoms with E-state index in [4.69, 9.17) is 39.9 Å². The number of carboxylic acids is 1. The number of amides is 1. The van der Waals surface area contributed by atoms with Crippen molar-refractivity contribution in [1.82, 2.24) is 5.32 Å². The molecular weight excluding hydrogens is 313 g/mol. The van der Waals surface area contributed by atoms with E-state index in [0.717, 1.165) is 0 Å². The second kappa shape index (κ2) is 8.13. The van der Waals surface area contributed by atoms with Crippen molar-refractivity contribution in [3.63, 3.8) is 0 Å². The summed E-state index contributed by atoms with van der Waals surface area (Å²) in [5.74, 6) is -0.535. The fraction of sp³-hybridized carbons (Fsp3) is 0.750. The third-order valence-electron chi connectivity index (χ3n) is 1.57. The Morgan fingerprint density at radius 1 is 1.47 bits per heavy atom. The summed E-state index contributed by atoms with van der Waals surface area (Å²) in [4.78, 5) is 22.0. The predicted octanol–water partition coefficient (Wildman–Crippen LogP) is 2.29. The number of alkyl halides is 3. The highest BCUT2D eigenvalue weighted by Crippen LogP contribution is 2.25.